The lowest BCUT2D eigenvalue weighted by Crippen LogP contribution is -2.05. The Morgan fingerprint density at radius 1 is 1.15 bits per heavy atom. The Labute approximate surface area is 121 Å². The first-order chi connectivity index (χ1) is 9.70. The molecule has 0 aliphatic heterocycles. The molecule has 0 bridgehead atoms. The van der Waals surface area contributed by atoms with Crippen molar-refractivity contribution in [2.45, 2.75) is 19.3 Å². The summed E-state index contributed by atoms with van der Waals surface area (Å²) in [6.07, 6.45) is 0. The Hall–Kier alpha value is -1.87. The number of aryl methyl sites for hydroxylation is 1. The van der Waals surface area contributed by atoms with Crippen LogP contribution < -0.4 is 0 Å². The maximum absolute atomic E-state index is 13.8. The van der Waals surface area contributed by atoms with E-state index in [-0.39, 0.29) is 11.7 Å². The third-order valence-corrected chi connectivity index (χ3v) is 3.76. The van der Waals surface area contributed by atoms with Crippen LogP contribution in [0.3, 0.4) is 0 Å². The number of nitrogens with zero attached hydrogens (tertiary/aromatic N) is 2. The normalized spacial score (nSPS) is 11.2. The second kappa shape index (κ2) is 5.25. The molecule has 0 saturated heterocycles. The van der Waals surface area contributed by atoms with Crippen molar-refractivity contribution < 1.29 is 4.39 Å². The van der Waals surface area contributed by atoms with Crippen molar-refractivity contribution in [3.8, 4) is 0 Å². The summed E-state index contributed by atoms with van der Waals surface area (Å²) >= 11 is 5.96. The second-order valence-electron chi connectivity index (χ2n) is 4.78. The molecule has 0 unspecified atom stereocenters. The minimum atomic E-state index is -0.308. The Morgan fingerprint density at radius 3 is 2.70 bits per heavy atom. The van der Waals surface area contributed by atoms with Crippen LogP contribution in [0.25, 0.3) is 11.0 Å². The number of para-hydroxylation sites is 1. The van der Waals surface area contributed by atoms with Crippen LogP contribution in [0.15, 0.2) is 42.5 Å². The first-order valence-corrected chi connectivity index (χ1v) is 6.98. The SMILES string of the molecule is Cc1ccccc1Cn1c(CCl)nc2c(F)cccc21. The Kier molecular flexibility index (Phi) is 3.45. The highest BCUT2D eigenvalue weighted by Crippen LogP contribution is 2.22. The zero-order valence-electron chi connectivity index (χ0n) is 11.1. The summed E-state index contributed by atoms with van der Waals surface area (Å²) in [7, 11) is 0. The topological polar surface area (TPSA) is 17.8 Å². The highest BCUT2D eigenvalue weighted by atomic mass is 35.5. The van der Waals surface area contributed by atoms with Crippen LogP contribution in [0, 0.1) is 12.7 Å². The molecule has 0 N–H and O–H groups in total. The van der Waals surface area contributed by atoms with Gasteiger partial charge in [0.05, 0.1) is 11.4 Å². The molecule has 3 rings (SSSR count). The maximum atomic E-state index is 13.8. The quantitative estimate of drug-likeness (QED) is 0.658. The number of hydrogen-bond donors (Lipinski definition) is 0. The van der Waals surface area contributed by atoms with Crippen LogP contribution >= 0.6 is 11.6 Å². The predicted molar refractivity (Wildman–Crippen MR) is 79.5 cm³/mol. The number of benzene rings is 2. The van der Waals surface area contributed by atoms with Crippen molar-refractivity contribution in [3.05, 3.63) is 65.2 Å². The fraction of sp³-hybridized carbons (Fsp3) is 0.188. The number of alkyl halides is 1. The van der Waals surface area contributed by atoms with Crippen LogP contribution in [0.4, 0.5) is 4.39 Å². The molecule has 0 radical (unpaired) electrons. The minimum Gasteiger partial charge on any atom is -0.322 e. The zero-order chi connectivity index (χ0) is 14.1. The number of rotatable bonds is 3. The fourth-order valence-electron chi connectivity index (χ4n) is 2.40. The Morgan fingerprint density at radius 2 is 1.95 bits per heavy atom. The summed E-state index contributed by atoms with van der Waals surface area (Å²) < 4.78 is 15.8. The van der Waals surface area contributed by atoms with Crippen LogP contribution in [-0.2, 0) is 12.4 Å². The third-order valence-electron chi connectivity index (χ3n) is 3.52. The van der Waals surface area contributed by atoms with Gasteiger partial charge in [-0.05, 0) is 30.2 Å². The summed E-state index contributed by atoms with van der Waals surface area (Å²) in [5.74, 6) is 0.646. The van der Waals surface area contributed by atoms with Gasteiger partial charge in [-0.3, -0.25) is 0 Å². The Bertz CT molecular complexity index is 764. The van der Waals surface area contributed by atoms with Crippen molar-refractivity contribution >= 4 is 22.6 Å². The largest absolute Gasteiger partial charge is 0.322 e. The van der Waals surface area contributed by atoms with Gasteiger partial charge in [0.1, 0.15) is 11.3 Å². The molecular weight excluding hydrogens is 275 g/mol. The van der Waals surface area contributed by atoms with Gasteiger partial charge in [0, 0.05) is 6.54 Å². The van der Waals surface area contributed by atoms with E-state index < -0.39 is 0 Å². The van der Waals surface area contributed by atoms with Gasteiger partial charge < -0.3 is 4.57 Å². The summed E-state index contributed by atoms with van der Waals surface area (Å²) in [6, 6.07) is 13.1. The molecule has 1 aromatic heterocycles. The average Bonchev–Trinajstić information content (AvgIpc) is 2.81. The highest BCUT2D eigenvalue weighted by Gasteiger charge is 2.13. The molecule has 0 fully saturated rings. The molecule has 0 amide bonds. The van der Waals surface area contributed by atoms with E-state index in [0.717, 1.165) is 5.52 Å². The monoisotopic (exact) mass is 288 g/mol. The van der Waals surface area contributed by atoms with Gasteiger partial charge in [-0.2, -0.15) is 0 Å². The third kappa shape index (κ3) is 2.18. The lowest BCUT2D eigenvalue weighted by molar-refractivity contribution is 0.637. The van der Waals surface area contributed by atoms with E-state index in [4.69, 9.17) is 11.6 Å². The molecule has 2 nitrogen and oxygen atoms in total. The number of imidazole rings is 1. The van der Waals surface area contributed by atoms with Gasteiger partial charge in [0.2, 0.25) is 0 Å². The minimum absolute atomic E-state index is 0.264. The number of hydrogen-bond acceptors (Lipinski definition) is 1. The number of fused-ring (bicyclic) bond motifs is 1. The first kappa shape index (κ1) is 13.1. The van der Waals surface area contributed by atoms with Gasteiger partial charge in [-0.1, -0.05) is 30.3 Å². The van der Waals surface area contributed by atoms with E-state index in [1.54, 1.807) is 6.07 Å². The highest BCUT2D eigenvalue weighted by molar-refractivity contribution is 6.16. The summed E-state index contributed by atoms with van der Waals surface area (Å²) in [4.78, 5) is 4.31. The molecule has 0 spiro atoms. The van der Waals surface area contributed by atoms with Crippen molar-refractivity contribution in [1.29, 1.82) is 0 Å². The lowest BCUT2D eigenvalue weighted by atomic mass is 10.1. The summed E-state index contributed by atoms with van der Waals surface area (Å²) in [5.41, 5.74) is 3.55. The number of halogens is 2. The van der Waals surface area contributed by atoms with Gasteiger partial charge in [-0.25, -0.2) is 9.37 Å². The van der Waals surface area contributed by atoms with E-state index >= 15 is 0 Å². The van der Waals surface area contributed by atoms with E-state index in [1.807, 2.05) is 22.8 Å². The number of aromatic nitrogens is 2. The lowest BCUT2D eigenvalue weighted by Gasteiger charge is -2.10. The van der Waals surface area contributed by atoms with E-state index in [0.29, 0.717) is 17.9 Å². The van der Waals surface area contributed by atoms with Gasteiger partial charge >= 0.3 is 0 Å². The molecule has 4 heteroatoms. The first-order valence-electron chi connectivity index (χ1n) is 6.45. The van der Waals surface area contributed by atoms with Crippen molar-refractivity contribution in [2.75, 3.05) is 0 Å². The van der Waals surface area contributed by atoms with Crippen molar-refractivity contribution in [3.63, 3.8) is 0 Å². The van der Waals surface area contributed by atoms with Gasteiger partial charge in [0.15, 0.2) is 5.82 Å². The molecular formula is C16H14ClFN2. The molecule has 102 valence electrons. The second-order valence-corrected chi connectivity index (χ2v) is 5.05. The van der Waals surface area contributed by atoms with Gasteiger partial charge in [-0.15, -0.1) is 11.6 Å². The molecule has 20 heavy (non-hydrogen) atoms. The molecule has 1 heterocycles. The predicted octanol–water partition coefficient (Wildman–Crippen LogP) is 4.27. The van der Waals surface area contributed by atoms with Crippen LogP contribution in [0.1, 0.15) is 17.0 Å². The van der Waals surface area contributed by atoms with Gasteiger partial charge in [0.25, 0.3) is 0 Å². The molecule has 0 saturated carbocycles. The van der Waals surface area contributed by atoms with Crippen LogP contribution in [0.5, 0.6) is 0 Å². The van der Waals surface area contributed by atoms with Crippen LogP contribution in [-0.4, -0.2) is 9.55 Å². The average molecular weight is 289 g/mol. The molecule has 0 aliphatic rings. The summed E-state index contributed by atoms with van der Waals surface area (Å²) in [6.45, 7) is 2.71. The van der Waals surface area contributed by atoms with Crippen molar-refractivity contribution in [1.82, 2.24) is 9.55 Å². The molecule has 3 aromatic rings. The van der Waals surface area contributed by atoms with Crippen LogP contribution in [0.2, 0.25) is 0 Å². The Balaban J connectivity index is 2.15. The standard InChI is InChI=1S/C16H14ClFN2/c1-11-5-2-3-6-12(11)10-20-14-8-4-7-13(18)16(14)19-15(20)9-17/h2-8H,9-10H2,1H3. The maximum Gasteiger partial charge on any atom is 0.151 e. The van der Waals surface area contributed by atoms with E-state index in [2.05, 4.69) is 24.0 Å². The molecule has 0 aliphatic carbocycles. The van der Waals surface area contributed by atoms with E-state index in [9.17, 15) is 4.39 Å². The fourth-order valence-corrected chi connectivity index (χ4v) is 2.60. The smallest absolute Gasteiger partial charge is 0.151 e. The van der Waals surface area contributed by atoms with Crippen molar-refractivity contribution in [2.24, 2.45) is 0 Å². The molecule has 2 aromatic carbocycles. The molecule has 0 atom stereocenters. The van der Waals surface area contributed by atoms with E-state index in [1.165, 1.54) is 17.2 Å². The zero-order valence-corrected chi connectivity index (χ0v) is 11.9. The summed E-state index contributed by atoms with van der Waals surface area (Å²) in [5, 5.41) is 0.